The lowest BCUT2D eigenvalue weighted by Crippen LogP contribution is -2.42. The molecule has 0 bridgehead atoms. The number of ether oxygens (including phenoxy) is 2. The minimum Gasteiger partial charge on any atom is -0.502 e. The van der Waals surface area contributed by atoms with Gasteiger partial charge >= 0.3 is 5.97 Å². The number of carbonyl (C=O) groups is 2. The van der Waals surface area contributed by atoms with Crippen molar-refractivity contribution in [3.8, 4) is 0 Å². The van der Waals surface area contributed by atoms with Crippen molar-refractivity contribution in [1.82, 2.24) is 4.90 Å². The van der Waals surface area contributed by atoms with Crippen molar-refractivity contribution in [2.75, 3.05) is 20.8 Å². The van der Waals surface area contributed by atoms with E-state index in [-0.39, 0.29) is 23.4 Å². The van der Waals surface area contributed by atoms with E-state index in [4.69, 9.17) is 9.47 Å². The van der Waals surface area contributed by atoms with Gasteiger partial charge in [0.15, 0.2) is 11.5 Å². The third-order valence-corrected chi connectivity index (χ3v) is 4.53. The molecule has 0 aromatic carbocycles. The highest BCUT2D eigenvalue weighted by Crippen LogP contribution is 2.32. The average Bonchev–Trinajstić information content (AvgIpc) is 3.00. The molecule has 0 aromatic rings. The van der Waals surface area contributed by atoms with Crippen LogP contribution in [0.2, 0.25) is 0 Å². The van der Waals surface area contributed by atoms with Crippen LogP contribution in [0, 0.1) is 5.92 Å². The minimum absolute atomic E-state index is 0.0470. The maximum absolute atomic E-state index is 13.6. The van der Waals surface area contributed by atoms with Crippen LogP contribution in [0.25, 0.3) is 0 Å². The number of esters is 1. The number of methoxy groups -OCH3 is 2. The second kappa shape index (κ2) is 7.61. The average molecular weight is 313 g/mol. The van der Waals surface area contributed by atoms with Gasteiger partial charge in [-0.05, 0) is 38.5 Å². The highest BCUT2D eigenvalue weighted by molar-refractivity contribution is 5.91. The Labute approximate surface area is 130 Å². The monoisotopic (exact) mass is 313 g/mol. The van der Waals surface area contributed by atoms with Gasteiger partial charge in [-0.25, -0.2) is 9.18 Å². The minimum atomic E-state index is -0.882. The van der Waals surface area contributed by atoms with Gasteiger partial charge in [-0.1, -0.05) is 0 Å². The van der Waals surface area contributed by atoms with Crippen LogP contribution < -0.4 is 0 Å². The second-order valence-corrected chi connectivity index (χ2v) is 5.94. The van der Waals surface area contributed by atoms with Crippen molar-refractivity contribution in [3.05, 3.63) is 12.0 Å². The summed E-state index contributed by atoms with van der Waals surface area (Å²) in [6.45, 7) is 0.604. The highest BCUT2D eigenvalue weighted by Gasteiger charge is 2.39. The summed E-state index contributed by atoms with van der Waals surface area (Å²) >= 11 is 0. The van der Waals surface area contributed by atoms with Gasteiger partial charge in [-0.2, -0.15) is 0 Å². The van der Waals surface area contributed by atoms with E-state index in [1.807, 2.05) is 0 Å². The molecule has 1 aliphatic heterocycles. The molecule has 3 atom stereocenters. The zero-order valence-electron chi connectivity index (χ0n) is 13.2. The first kappa shape index (κ1) is 16.8. The number of ketones is 1. The Morgan fingerprint density at radius 1 is 1.18 bits per heavy atom. The number of halogens is 1. The van der Waals surface area contributed by atoms with Gasteiger partial charge in [0.05, 0.1) is 20.3 Å². The summed E-state index contributed by atoms with van der Waals surface area (Å²) in [5, 5.41) is 0. The van der Waals surface area contributed by atoms with E-state index >= 15 is 0 Å². The number of Topliss-reactive ketones (excluding diaryl/α,β-unsaturated/α-hetero) is 1. The molecule has 124 valence electrons. The van der Waals surface area contributed by atoms with Gasteiger partial charge in [0.1, 0.15) is 12.4 Å². The standard InChI is InChI=1S/C16H24FNO4/c1-21-10-14(16(20)22-2)18-8-4-7-13(18)15(19)11-5-3-6-12(17)9-11/h10-13H,3-9H2,1-2H3/b14-10-. The molecule has 1 saturated carbocycles. The lowest BCUT2D eigenvalue weighted by atomic mass is 9.82. The van der Waals surface area contributed by atoms with E-state index in [1.165, 1.54) is 20.5 Å². The van der Waals surface area contributed by atoms with Crippen LogP contribution in [0.5, 0.6) is 0 Å². The summed E-state index contributed by atoms with van der Waals surface area (Å²) < 4.78 is 23.3. The predicted octanol–water partition coefficient (Wildman–Crippen LogP) is 2.21. The molecule has 0 radical (unpaired) electrons. The van der Waals surface area contributed by atoms with Crippen LogP contribution in [0.4, 0.5) is 4.39 Å². The zero-order chi connectivity index (χ0) is 16.1. The quantitative estimate of drug-likeness (QED) is 0.442. The van der Waals surface area contributed by atoms with Crippen LogP contribution >= 0.6 is 0 Å². The molecule has 2 rings (SSSR count). The fraction of sp³-hybridized carbons (Fsp3) is 0.750. The number of rotatable bonds is 5. The molecule has 1 aliphatic carbocycles. The van der Waals surface area contributed by atoms with E-state index in [0.717, 1.165) is 19.3 Å². The van der Waals surface area contributed by atoms with Crippen molar-refractivity contribution in [2.45, 2.75) is 50.7 Å². The maximum Gasteiger partial charge on any atom is 0.357 e. The number of alkyl halides is 1. The molecule has 2 aliphatic rings. The van der Waals surface area contributed by atoms with Crippen molar-refractivity contribution in [3.63, 3.8) is 0 Å². The van der Waals surface area contributed by atoms with E-state index in [1.54, 1.807) is 4.90 Å². The summed E-state index contributed by atoms with van der Waals surface area (Å²) in [6.07, 6.45) is 4.29. The number of hydrogen-bond donors (Lipinski definition) is 0. The summed E-state index contributed by atoms with van der Waals surface area (Å²) in [6, 6.07) is -0.379. The van der Waals surface area contributed by atoms with Gasteiger partial charge in [0.2, 0.25) is 0 Å². The normalized spacial score (nSPS) is 29.3. The topological polar surface area (TPSA) is 55.8 Å². The first-order valence-electron chi connectivity index (χ1n) is 7.84. The molecule has 1 saturated heterocycles. The second-order valence-electron chi connectivity index (χ2n) is 5.94. The van der Waals surface area contributed by atoms with Crippen molar-refractivity contribution in [2.24, 2.45) is 5.92 Å². The third kappa shape index (κ3) is 3.59. The Balaban J connectivity index is 2.13. The third-order valence-electron chi connectivity index (χ3n) is 4.53. The first-order valence-corrected chi connectivity index (χ1v) is 7.84. The molecule has 0 aromatic heterocycles. The summed E-state index contributed by atoms with van der Waals surface area (Å²) in [4.78, 5) is 26.4. The first-order chi connectivity index (χ1) is 10.6. The highest BCUT2D eigenvalue weighted by atomic mass is 19.1. The van der Waals surface area contributed by atoms with Crippen molar-refractivity contribution in [1.29, 1.82) is 0 Å². The Morgan fingerprint density at radius 2 is 1.95 bits per heavy atom. The van der Waals surface area contributed by atoms with Gasteiger partial charge in [0, 0.05) is 12.5 Å². The molecule has 1 heterocycles. The smallest absolute Gasteiger partial charge is 0.357 e. The van der Waals surface area contributed by atoms with Crippen molar-refractivity contribution >= 4 is 11.8 Å². The summed E-state index contributed by atoms with van der Waals surface area (Å²) in [5.74, 6) is -0.713. The summed E-state index contributed by atoms with van der Waals surface area (Å²) in [5.41, 5.74) is 0.258. The maximum atomic E-state index is 13.6. The summed E-state index contributed by atoms with van der Waals surface area (Å²) in [7, 11) is 2.75. The molecule has 2 fully saturated rings. The molecule has 0 N–H and O–H groups in total. The molecule has 0 spiro atoms. The van der Waals surface area contributed by atoms with E-state index in [0.29, 0.717) is 25.8 Å². The van der Waals surface area contributed by atoms with E-state index in [2.05, 4.69) is 0 Å². The van der Waals surface area contributed by atoms with Crippen LogP contribution in [0.15, 0.2) is 12.0 Å². The van der Waals surface area contributed by atoms with Gasteiger partial charge in [0.25, 0.3) is 0 Å². The largest absolute Gasteiger partial charge is 0.502 e. The molecule has 0 amide bonds. The fourth-order valence-corrected chi connectivity index (χ4v) is 3.46. The Hall–Kier alpha value is -1.59. The zero-order valence-corrected chi connectivity index (χ0v) is 13.2. The lowest BCUT2D eigenvalue weighted by molar-refractivity contribution is -0.139. The molecular weight excluding hydrogens is 289 g/mol. The number of hydrogen-bond acceptors (Lipinski definition) is 5. The Bertz CT molecular complexity index is 451. The van der Waals surface area contributed by atoms with Gasteiger partial charge in [-0.3, -0.25) is 4.79 Å². The van der Waals surface area contributed by atoms with Gasteiger partial charge < -0.3 is 14.4 Å². The molecule has 5 nitrogen and oxygen atoms in total. The molecular formula is C16H24FNO4. The SMILES string of the molecule is CO/C=C(/C(=O)OC)N1CCCC1C(=O)C1CCCC(F)C1. The number of carbonyl (C=O) groups excluding carboxylic acids is 2. The van der Waals surface area contributed by atoms with Crippen LogP contribution in [0.3, 0.4) is 0 Å². The molecule has 22 heavy (non-hydrogen) atoms. The number of likely N-dealkylation sites (tertiary alicyclic amines) is 1. The van der Waals surface area contributed by atoms with E-state index < -0.39 is 12.1 Å². The fourth-order valence-electron chi connectivity index (χ4n) is 3.46. The van der Waals surface area contributed by atoms with Crippen molar-refractivity contribution < 1.29 is 23.5 Å². The van der Waals surface area contributed by atoms with Crippen LogP contribution in [-0.4, -0.2) is 49.6 Å². The van der Waals surface area contributed by atoms with Crippen LogP contribution in [-0.2, 0) is 19.1 Å². The Morgan fingerprint density at radius 3 is 2.59 bits per heavy atom. The van der Waals surface area contributed by atoms with Gasteiger partial charge in [-0.15, -0.1) is 0 Å². The number of nitrogens with zero attached hydrogens (tertiary/aromatic N) is 1. The predicted molar refractivity (Wildman–Crippen MR) is 78.7 cm³/mol. The van der Waals surface area contributed by atoms with E-state index in [9.17, 15) is 14.0 Å². The van der Waals surface area contributed by atoms with Crippen LogP contribution in [0.1, 0.15) is 38.5 Å². The molecule has 3 unspecified atom stereocenters. The molecule has 6 heteroatoms. The Kier molecular flexibility index (Phi) is 5.80. The lowest BCUT2D eigenvalue weighted by Gasteiger charge is -2.31.